The van der Waals surface area contributed by atoms with Gasteiger partial charge in [0.1, 0.15) is 0 Å². The molecule has 0 aliphatic carbocycles. The number of carbonyl (C=O) groups excluding carboxylic acids is 1. The molecule has 0 saturated carbocycles. The van der Waals surface area contributed by atoms with E-state index in [0.29, 0.717) is 5.56 Å². The van der Waals surface area contributed by atoms with Gasteiger partial charge in [0, 0.05) is 12.1 Å². The molecule has 0 saturated heterocycles. The van der Waals surface area contributed by atoms with E-state index in [4.69, 9.17) is 0 Å². The van der Waals surface area contributed by atoms with Gasteiger partial charge >= 0.3 is 0 Å². The van der Waals surface area contributed by atoms with Crippen LogP contribution in [0.25, 0.3) is 21.0 Å². The minimum Gasteiger partial charge on any atom is -0.316 e. The van der Waals surface area contributed by atoms with E-state index in [2.05, 4.69) is 41.6 Å². The number of benzene rings is 3. The standard InChI is InChI=1S/C23H22N2OS/c1-3-13-25-20-12-9-16(4-2)14-21(20)27-23(25)24-22(26)19-11-10-17-7-5-6-8-18(17)15-19/h5-12,14-15H,3-4,13H2,1-2H3. The van der Waals surface area contributed by atoms with Gasteiger partial charge in [0.05, 0.1) is 10.2 Å². The summed E-state index contributed by atoms with van der Waals surface area (Å²) in [6, 6.07) is 20.4. The van der Waals surface area contributed by atoms with Gasteiger partial charge in [-0.05, 0) is 53.4 Å². The van der Waals surface area contributed by atoms with Crippen LogP contribution in [-0.2, 0) is 13.0 Å². The number of aromatic nitrogens is 1. The summed E-state index contributed by atoms with van der Waals surface area (Å²) in [6.07, 6.45) is 2.00. The molecule has 0 bridgehead atoms. The maximum absolute atomic E-state index is 12.8. The molecule has 136 valence electrons. The van der Waals surface area contributed by atoms with Gasteiger partial charge in [0.2, 0.25) is 0 Å². The summed E-state index contributed by atoms with van der Waals surface area (Å²) in [5, 5.41) is 2.19. The number of thiazole rings is 1. The van der Waals surface area contributed by atoms with E-state index in [-0.39, 0.29) is 5.91 Å². The highest BCUT2D eigenvalue weighted by Crippen LogP contribution is 2.21. The topological polar surface area (TPSA) is 34.4 Å². The third kappa shape index (κ3) is 3.45. The Balaban J connectivity index is 1.82. The van der Waals surface area contributed by atoms with Gasteiger partial charge in [0.15, 0.2) is 4.80 Å². The molecule has 1 aromatic heterocycles. The van der Waals surface area contributed by atoms with E-state index in [0.717, 1.165) is 40.5 Å². The SMILES string of the molecule is CCCn1c(=NC(=O)c2ccc3ccccc3c2)sc2cc(CC)ccc21. The van der Waals surface area contributed by atoms with Crippen molar-refractivity contribution in [1.29, 1.82) is 0 Å². The average molecular weight is 375 g/mol. The maximum Gasteiger partial charge on any atom is 0.279 e. The van der Waals surface area contributed by atoms with Crippen molar-refractivity contribution in [3.8, 4) is 0 Å². The predicted octanol–water partition coefficient (Wildman–Crippen LogP) is 5.57. The molecule has 3 nitrogen and oxygen atoms in total. The molecule has 3 aromatic carbocycles. The van der Waals surface area contributed by atoms with Gasteiger partial charge in [-0.25, -0.2) is 0 Å². The molecule has 0 unspecified atom stereocenters. The first-order chi connectivity index (χ1) is 13.2. The number of carbonyl (C=O) groups is 1. The second-order valence-electron chi connectivity index (χ2n) is 6.67. The lowest BCUT2D eigenvalue weighted by molar-refractivity contribution is 0.0998. The molecule has 4 aromatic rings. The van der Waals surface area contributed by atoms with Gasteiger partial charge in [-0.3, -0.25) is 4.79 Å². The monoisotopic (exact) mass is 374 g/mol. The summed E-state index contributed by atoms with van der Waals surface area (Å²) in [5.74, 6) is -0.187. The zero-order valence-electron chi connectivity index (χ0n) is 15.6. The van der Waals surface area contributed by atoms with Crippen molar-refractivity contribution in [3.63, 3.8) is 0 Å². The molecule has 0 aliphatic heterocycles. The number of fused-ring (bicyclic) bond motifs is 2. The minimum absolute atomic E-state index is 0.187. The van der Waals surface area contributed by atoms with E-state index in [9.17, 15) is 4.79 Å². The Labute approximate surface area is 162 Å². The van der Waals surface area contributed by atoms with Crippen LogP contribution in [0.4, 0.5) is 0 Å². The lowest BCUT2D eigenvalue weighted by Crippen LogP contribution is -2.16. The maximum atomic E-state index is 12.8. The first-order valence-electron chi connectivity index (χ1n) is 9.39. The second-order valence-corrected chi connectivity index (χ2v) is 7.68. The van der Waals surface area contributed by atoms with Crippen LogP contribution in [-0.4, -0.2) is 10.5 Å². The van der Waals surface area contributed by atoms with Crippen LogP contribution in [0, 0.1) is 0 Å². The summed E-state index contributed by atoms with van der Waals surface area (Å²) < 4.78 is 3.35. The number of hydrogen-bond donors (Lipinski definition) is 0. The van der Waals surface area contributed by atoms with Crippen molar-refractivity contribution in [2.75, 3.05) is 0 Å². The Morgan fingerprint density at radius 1 is 1.00 bits per heavy atom. The number of hydrogen-bond acceptors (Lipinski definition) is 2. The second kappa shape index (κ2) is 7.49. The van der Waals surface area contributed by atoms with Crippen molar-refractivity contribution in [1.82, 2.24) is 4.57 Å². The largest absolute Gasteiger partial charge is 0.316 e. The van der Waals surface area contributed by atoms with Crippen molar-refractivity contribution in [2.24, 2.45) is 4.99 Å². The molecule has 0 aliphatic rings. The lowest BCUT2D eigenvalue weighted by Gasteiger charge is -2.04. The first kappa shape index (κ1) is 17.7. The van der Waals surface area contributed by atoms with Gasteiger partial charge in [-0.1, -0.05) is 61.6 Å². The number of amides is 1. The van der Waals surface area contributed by atoms with Crippen LogP contribution in [0.15, 0.2) is 65.7 Å². The van der Waals surface area contributed by atoms with Crippen molar-refractivity contribution < 1.29 is 4.79 Å². The van der Waals surface area contributed by atoms with Crippen LogP contribution in [0.5, 0.6) is 0 Å². The predicted molar refractivity (Wildman–Crippen MR) is 113 cm³/mol. The van der Waals surface area contributed by atoms with Crippen LogP contribution in [0.1, 0.15) is 36.2 Å². The van der Waals surface area contributed by atoms with E-state index in [1.54, 1.807) is 11.3 Å². The quantitative estimate of drug-likeness (QED) is 0.460. The number of rotatable bonds is 4. The molecule has 1 heterocycles. The molecule has 1 amide bonds. The van der Waals surface area contributed by atoms with E-state index >= 15 is 0 Å². The molecule has 0 spiro atoms. The van der Waals surface area contributed by atoms with Crippen LogP contribution in [0.2, 0.25) is 0 Å². The minimum atomic E-state index is -0.187. The lowest BCUT2D eigenvalue weighted by atomic mass is 10.1. The summed E-state index contributed by atoms with van der Waals surface area (Å²) >= 11 is 1.60. The average Bonchev–Trinajstić information content (AvgIpc) is 3.04. The van der Waals surface area contributed by atoms with Crippen molar-refractivity contribution in [3.05, 3.63) is 76.6 Å². The zero-order valence-corrected chi connectivity index (χ0v) is 16.4. The van der Waals surface area contributed by atoms with Crippen LogP contribution >= 0.6 is 11.3 Å². The van der Waals surface area contributed by atoms with E-state index < -0.39 is 0 Å². The highest BCUT2D eigenvalue weighted by molar-refractivity contribution is 7.16. The smallest absolute Gasteiger partial charge is 0.279 e. The van der Waals surface area contributed by atoms with E-state index in [1.807, 2.05) is 42.5 Å². The Kier molecular flexibility index (Phi) is 4.90. The molecule has 0 atom stereocenters. The summed E-state index contributed by atoms with van der Waals surface area (Å²) in [5.41, 5.74) is 3.09. The highest BCUT2D eigenvalue weighted by atomic mass is 32.1. The summed E-state index contributed by atoms with van der Waals surface area (Å²) in [4.78, 5) is 18.1. The normalized spacial score (nSPS) is 12.1. The molecule has 4 heteroatoms. The Hall–Kier alpha value is -2.72. The molecule has 0 radical (unpaired) electrons. The number of aryl methyl sites for hydroxylation is 2. The van der Waals surface area contributed by atoms with Gasteiger partial charge < -0.3 is 4.57 Å². The van der Waals surface area contributed by atoms with Crippen LogP contribution in [0.3, 0.4) is 0 Å². The fourth-order valence-electron chi connectivity index (χ4n) is 3.34. The van der Waals surface area contributed by atoms with Gasteiger partial charge in [-0.2, -0.15) is 4.99 Å². The zero-order chi connectivity index (χ0) is 18.8. The molecular formula is C23H22N2OS. The van der Waals surface area contributed by atoms with Gasteiger partial charge in [0.25, 0.3) is 5.91 Å². The number of nitrogens with zero attached hydrogens (tertiary/aromatic N) is 2. The third-order valence-electron chi connectivity index (χ3n) is 4.80. The van der Waals surface area contributed by atoms with Crippen LogP contribution < -0.4 is 4.80 Å². The summed E-state index contributed by atoms with van der Waals surface area (Å²) in [7, 11) is 0. The molecule has 4 rings (SSSR count). The van der Waals surface area contributed by atoms with E-state index in [1.165, 1.54) is 10.3 Å². The Morgan fingerprint density at radius 3 is 2.59 bits per heavy atom. The van der Waals surface area contributed by atoms with Crippen molar-refractivity contribution in [2.45, 2.75) is 33.2 Å². The summed E-state index contributed by atoms with van der Waals surface area (Å²) in [6.45, 7) is 5.16. The Bertz CT molecular complexity index is 1200. The molecule has 0 fully saturated rings. The highest BCUT2D eigenvalue weighted by Gasteiger charge is 2.10. The fraction of sp³-hybridized carbons (Fsp3) is 0.217. The molecular weight excluding hydrogens is 352 g/mol. The molecule has 0 N–H and O–H groups in total. The fourth-order valence-corrected chi connectivity index (χ4v) is 4.45. The third-order valence-corrected chi connectivity index (χ3v) is 5.84. The Morgan fingerprint density at radius 2 is 1.81 bits per heavy atom. The van der Waals surface area contributed by atoms with Gasteiger partial charge in [-0.15, -0.1) is 0 Å². The van der Waals surface area contributed by atoms with Crippen molar-refractivity contribution >= 4 is 38.2 Å². The first-order valence-corrected chi connectivity index (χ1v) is 10.2. The molecule has 27 heavy (non-hydrogen) atoms.